The van der Waals surface area contributed by atoms with E-state index in [1.54, 1.807) is 18.2 Å². The Morgan fingerprint density at radius 2 is 1.81 bits per heavy atom. The molecular formula is C26H35N3O6S. The third-order valence-corrected chi connectivity index (χ3v) is 7.74. The summed E-state index contributed by atoms with van der Waals surface area (Å²) in [6.45, 7) is 7.55. The number of fused-ring (bicyclic) bond motifs is 1. The highest BCUT2D eigenvalue weighted by Crippen LogP contribution is 2.36. The maximum absolute atomic E-state index is 13.8. The second kappa shape index (κ2) is 12.1. The number of nitrogens with one attached hydrogen (secondary N) is 1. The van der Waals surface area contributed by atoms with Gasteiger partial charge in [0.05, 0.1) is 11.4 Å². The molecule has 1 aliphatic heterocycles. The fourth-order valence-corrected chi connectivity index (χ4v) is 5.11. The third-order valence-electron chi connectivity index (χ3n) is 5.99. The molecule has 36 heavy (non-hydrogen) atoms. The zero-order valence-corrected chi connectivity index (χ0v) is 22.1. The molecule has 10 heteroatoms. The fraction of sp³-hybridized carbons (Fsp3) is 0.462. The minimum atomic E-state index is -3.82. The molecule has 3 rings (SSSR count). The van der Waals surface area contributed by atoms with Crippen LogP contribution in [-0.2, 0) is 26.2 Å². The number of sulfonamides is 1. The van der Waals surface area contributed by atoms with Crippen LogP contribution in [0.5, 0.6) is 11.5 Å². The Labute approximate surface area is 213 Å². The highest BCUT2D eigenvalue weighted by molar-refractivity contribution is 7.92. The highest BCUT2D eigenvalue weighted by atomic mass is 32.2. The first-order chi connectivity index (χ1) is 17.2. The topological polar surface area (TPSA) is 105 Å². The zero-order chi connectivity index (χ0) is 26.3. The van der Waals surface area contributed by atoms with Gasteiger partial charge in [0, 0.05) is 19.2 Å². The van der Waals surface area contributed by atoms with Crippen LogP contribution in [0, 0.1) is 6.92 Å². The first-order valence-corrected chi connectivity index (χ1v) is 13.8. The molecule has 2 aromatic carbocycles. The van der Waals surface area contributed by atoms with Crippen molar-refractivity contribution in [1.29, 1.82) is 0 Å². The van der Waals surface area contributed by atoms with Gasteiger partial charge in [-0.15, -0.1) is 0 Å². The minimum Gasteiger partial charge on any atom is -0.454 e. The van der Waals surface area contributed by atoms with Gasteiger partial charge >= 0.3 is 0 Å². The number of rotatable bonds is 12. The summed E-state index contributed by atoms with van der Waals surface area (Å²) in [5.41, 5.74) is 2.19. The van der Waals surface area contributed by atoms with Crippen LogP contribution in [-0.4, -0.2) is 56.8 Å². The molecule has 0 spiro atoms. The SMILES string of the molecule is CCCNC(=O)[C@@H](CC)N(Cc1cccc(C)c1)C(=O)CN(c1ccc2c(c1)OCO2)S(=O)(=O)CC. The van der Waals surface area contributed by atoms with E-state index in [9.17, 15) is 18.0 Å². The van der Waals surface area contributed by atoms with Crippen LogP contribution in [0.1, 0.15) is 44.7 Å². The van der Waals surface area contributed by atoms with Crippen molar-refractivity contribution in [1.82, 2.24) is 10.2 Å². The van der Waals surface area contributed by atoms with Gasteiger partial charge in [0.15, 0.2) is 11.5 Å². The molecule has 0 aromatic heterocycles. The number of carbonyl (C=O) groups excluding carboxylic acids is 2. The number of hydrogen-bond acceptors (Lipinski definition) is 6. The quantitative estimate of drug-likeness (QED) is 0.464. The Morgan fingerprint density at radius 3 is 2.47 bits per heavy atom. The number of hydrogen-bond donors (Lipinski definition) is 1. The van der Waals surface area contributed by atoms with Gasteiger partial charge in [-0.2, -0.15) is 0 Å². The predicted octanol–water partition coefficient (Wildman–Crippen LogP) is 3.21. The van der Waals surface area contributed by atoms with Gasteiger partial charge in [-0.1, -0.05) is 43.7 Å². The second-order valence-electron chi connectivity index (χ2n) is 8.67. The van der Waals surface area contributed by atoms with Crippen molar-refractivity contribution in [2.24, 2.45) is 0 Å². The average molecular weight is 518 g/mol. The monoisotopic (exact) mass is 517 g/mol. The number of carbonyl (C=O) groups is 2. The van der Waals surface area contributed by atoms with Gasteiger partial charge in [0.1, 0.15) is 12.6 Å². The molecule has 1 atom stereocenters. The highest BCUT2D eigenvalue weighted by Gasteiger charge is 2.33. The van der Waals surface area contributed by atoms with E-state index in [-0.39, 0.29) is 25.0 Å². The van der Waals surface area contributed by atoms with Crippen molar-refractivity contribution in [3.63, 3.8) is 0 Å². The molecule has 0 aliphatic carbocycles. The predicted molar refractivity (Wildman–Crippen MR) is 138 cm³/mol. The van der Waals surface area contributed by atoms with Crippen LogP contribution < -0.4 is 19.1 Å². The molecule has 1 N–H and O–H groups in total. The number of ether oxygens (including phenoxy) is 2. The first kappa shape index (κ1) is 27.3. The minimum absolute atomic E-state index is 0.0492. The summed E-state index contributed by atoms with van der Waals surface area (Å²) in [4.78, 5) is 28.3. The van der Waals surface area contributed by atoms with Gasteiger partial charge < -0.3 is 19.7 Å². The summed E-state index contributed by atoms with van der Waals surface area (Å²) in [7, 11) is -3.82. The number of anilines is 1. The Hall–Kier alpha value is -3.27. The number of benzene rings is 2. The van der Waals surface area contributed by atoms with Gasteiger partial charge in [-0.25, -0.2) is 8.42 Å². The third kappa shape index (κ3) is 6.48. The summed E-state index contributed by atoms with van der Waals surface area (Å²) >= 11 is 0. The molecule has 0 radical (unpaired) electrons. The standard InChI is InChI=1S/C26H35N3O6S/c1-5-13-27-26(31)22(6-2)28(16-20-10-8-9-19(4)14-20)25(30)17-29(36(32,33)7-3)21-11-12-23-24(15-21)35-18-34-23/h8-12,14-15,22H,5-7,13,16-18H2,1-4H3,(H,27,31)/t22-/m1/s1. The molecule has 196 valence electrons. The molecule has 1 aliphatic rings. The van der Waals surface area contributed by atoms with E-state index in [1.165, 1.54) is 11.8 Å². The summed E-state index contributed by atoms with van der Waals surface area (Å²) in [5.74, 6) is 0.00997. The molecular weight excluding hydrogens is 482 g/mol. The fourth-order valence-electron chi connectivity index (χ4n) is 4.05. The van der Waals surface area contributed by atoms with E-state index in [4.69, 9.17) is 9.47 Å². The molecule has 1 heterocycles. The molecule has 0 saturated heterocycles. The maximum Gasteiger partial charge on any atom is 0.244 e. The average Bonchev–Trinajstić information content (AvgIpc) is 3.33. The first-order valence-electron chi connectivity index (χ1n) is 12.2. The lowest BCUT2D eigenvalue weighted by molar-refractivity contribution is -0.140. The van der Waals surface area contributed by atoms with Crippen LogP contribution in [0.2, 0.25) is 0 Å². The van der Waals surface area contributed by atoms with Crippen molar-refractivity contribution in [3.05, 3.63) is 53.6 Å². The van der Waals surface area contributed by atoms with Gasteiger partial charge in [-0.05, 0) is 44.4 Å². The zero-order valence-electron chi connectivity index (χ0n) is 21.3. The number of nitrogens with zero attached hydrogens (tertiary/aromatic N) is 2. The Bertz CT molecular complexity index is 1180. The van der Waals surface area contributed by atoms with Crippen molar-refractivity contribution < 1.29 is 27.5 Å². The van der Waals surface area contributed by atoms with Gasteiger partial charge in [0.2, 0.25) is 28.6 Å². The summed E-state index contributed by atoms with van der Waals surface area (Å²) < 4.78 is 38.0. The van der Waals surface area contributed by atoms with E-state index < -0.39 is 28.5 Å². The van der Waals surface area contributed by atoms with E-state index in [1.807, 2.05) is 45.0 Å². The lowest BCUT2D eigenvalue weighted by atomic mass is 10.1. The Morgan fingerprint density at radius 1 is 1.06 bits per heavy atom. The molecule has 0 fully saturated rings. The van der Waals surface area contributed by atoms with Gasteiger partial charge in [-0.3, -0.25) is 13.9 Å². The molecule has 0 saturated carbocycles. The van der Waals surface area contributed by atoms with Crippen LogP contribution in [0.15, 0.2) is 42.5 Å². The Balaban J connectivity index is 1.96. The van der Waals surface area contributed by atoms with Crippen molar-refractivity contribution in [3.8, 4) is 11.5 Å². The van der Waals surface area contributed by atoms with Crippen LogP contribution >= 0.6 is 0 Å². The van der Waals surface area contributed by atoms with Crippen molar-refractivity contribution in [2.45, 2.75) is 53.1 Å². The summed E-state index contributed by atoms with van der Waals surface area (Å²) in [5, 5.41) is 2.88. The largest absolute Gasteiger partial charge is 0.454 e. The van der Waals surface area contributed by atoms with Crippen molar-refractivity contribution in [2.75, 3.05) is 29.9 Å². The lowest BCUT2D eigenvalue weighted by Gasteiger charge is -2.33. The van der Waals surface area contributed by atoms with Gasteiger partial charge in [0.25, 0.3) is 0 Å². The second-order valence-corrected chi connectivity index (χ2v) is 10.9. The summed E-state index contributed by atoms with van der Waals surface area (Å²) in [6.07, 6.45) is 1.15. The van der Waals surface area contributed by atoms with Crippen LogP contribution in [0.3, 0.4) is 0 Å². The number of amides is 2. The smallest absolute Gasteiger partial charge is 0.244 e. The summed E-state index contributed by atoms with van der Waals surface area (Å²) in [6, 6.07) is 11.7. The normalized spacial score (nSPS) is 13.2. The lowest BCUT2D eigenvalue weighted by Crippen LogP contribution is -2.52. The van der Waals surface area contributed by atoms with E-state index >= 15 is 0 Å². The van der Waals surface area contributed by atoms with E-state index in [2.05, 4.69) is 5.32 Å². The van der Waals surface area contributed by atoms with E-state index in [0.717, 1.165) is 21.9 Å². The molecule has 2 amide bonds. The Kier molecular flexibility index (Phi) is 9.19. The van der Waals surface area contributed by atoms with Crippen LogP contribution in [0.4, 0.5) is 5.69 Å². The molecule has 9 nitrogen and oxygen atoms in total. The molecule has 0 unspecified atom stereocenters. The number of aryl methyl sites for hydroxylation is 1. The molecule has 2 aromatic rings. The van der Waals surface area contributed by atoms with Crippen molar-refractivity contribution >= 4 is 27.5 Å². The maximum atomic E-state index is 13.8. The molecule has 0 bridgehead atoms. The van der Waals surface area contributed by atoms with E-state index in [0.29, 0.717) is 30.2 Å². The van der Waals surface area contributed by atoms with Crippen LogP contribution in [0.25, 0.3) is 0 Å².